The fourth-order valence-electron chi connectivity index (χ4n) is 2.44. The van der Waals surface area contributed by atoms with Gasteiger partial charge in [0.15, 0.2) is 0 Å². The van der Waals surface area contributed by atoms with Crippen LogP contribution in [0.1, 0.15) is 12.8 Å². The van der Waals surface area contributed by atoms with Gasteiger partial charge in [-0.1, -0.05) is 11.6 Å². The molecule has 2 heterocycles. The minimum absolute atomic E-state index is 0.0700. The Bertz CT molecular complexity index is 682. The SMILES string of the molecule is O=[N+]([O-])c1cc(Cl)ccc1Nc1cnn(C[C@@H]2CCCO2)c1. The number of nitrogens with one attached hydrogen (secondary N) is 1. The van der Waals surface area contributed by atoms with E-state index in [1.54, 1.807) is 29.2 Å². The number of nitro benzene ring substituents is 1. The Kier molecular flexibility index (Phi) is 4.26. The first-order valence-corrected chi connectivity index (χ1v) is 7.34. The summed E-state index contributed by atoms with van der Waals surface area (Å²) < 4.78 is 7.34. The van der Waals surface area contributed by atoms with E-state index < -0.39 is 4.92 Å². The lowest BCUT2D eigenvalue weighted by Gasteiger charge is -2.08. The van der Waals surface area contributed by atoms with Crippen LogP contribution in [-0.2, 0) is 11.3 Å². The van der Waals surface area contributed by atoms with Crippen molar-refractivity contribution in [2.24, 2.45) is 0 Å². The molecular formula is C14H15ClN4O3. The third-order valence-electron chi connectivity index (χ3n) is 3.48. The highest BCUT2D eigenvalue weighted by Gasteiger charge is 2.17. The molecule has 1 atom stereocenters. The van der Waals surface area contributed by atoms with Gasteiger partial charge >= 0.3 is 0 Å². The van der Waals surface area contributed by atoms with Crippen molar-refractivity contribution in [2.75, 3.05) is 11.9 Å². The Balaban J connectivity index is 1.73. The lowest BCUT2D eigenvalue weighted by Crippen LogP contribution is -2.15. The second-order valence-corrected chi connectivity index (χ2v) is 5.57. The van der Waals surface area contributed by atoms with Crippen LogP contribution in [0.4, 0.5) is 17.1 Å². The number of anilines is 2. The maximum atomic E-state index is 11.1. The van der Waals surface area contributed by atoms with Crippen molar-refractivity contribution in [2.45, 2.75) is 25.5 Å². The van der Waals surface area contributed by atoms with Gasteiger partial charge in [0.1, 0.15) is 5.69 Å². The fraction of sp³-hybridized carbons (Fsp3) is 0.357. The van der Waals surface area contributed by atoms with Crippen molar-refractivity contribution >= 4 is 28.7 Å². The molecule has 0 aliphatic carbocycles. The van der Waals surface area contributed by atoms with E-state index in [1.165, 1.54) is 6.07 Å². The molecule has 1 aromatic heterocycles. The molecule has 2 aromatic rings. The second kappa shape index (κ2) is 6.33. The Morgan fingerprint density at radius 1 is 1.55 bits per heavy atom. The topological polar surface area (TPSA) is 82.2 Å². The summed E-state index contributed by atoms with van der Waals surface area (Å²) in [6, 6.07) is 4.51. The Morgan fingerprint density at radius 3 is 3.14 bits per heavy atom. The third-order valence-corrected chi connectivity index (χ3v) is 3.72. The number of hydrogen-bond donors (Lipinski definition) is 1. The highest BCUT2D eigenvalue weighted by molar-refractivity contribution is 6.30. The van der Waals surface area contributed by atoms with E-state index in [0.29, 0.717) is 22.9 Å². The van der Waals surface area contributed by atoms with Crippen LogP contribution in [0, 0.1) is 10.1 Å². The highest BCUT2D eigenvalue weighted by Crippen LogP contribution is 2.30. The summed E-state index contributed by atoms with van der Waals surface area (Å²) in [7, 11) is 0. The van der Waals surface area contributed by atoms with Crippen molar-refractivity contribution in [3.05, 3.63) is 45.7 Å². The van der Waals surface area contributed by atoms with Crippen molar-refractivity contribution in [1.82, 2.24) is 9.78 Å². The first kappa shape index (κ1) is 14.8. The van der Waals surface area contributed by atoms with E-state index in [0.717, 1.165) is 19.4 Å². The molecule has 1 N–H and O–H groups in total. The molecule has 0 saturated carbocycles. The Labute approximate surface area is 132 Å². The molecule has 0 radical (unpaired) electrons. The predicted octanol–water partition coefficient (Wildman–Crippen LogP) is 3.37. The zero-order valence-electron chi connectivity index (χ0n) is 11.7. The summed E-state index contributed by atoms with van der Waals surface area (Å²) in [5.74, 6) is 0. The summed E-state index contributed by atoms with van der Waals surface area (Å²) in [5, 5.41) is 18.6. The van der Waals surface area contributed by atoms with E-state index in [-0.39, 0.29) is 11.8 Å². The zero-order chi connectivity index (χ0) is 15.5. The smallest absolute Gasteiger partial charge is 0.294 e. The standard InChI is InChI=1S/C14H15ClN4O3/c15-10-3-4-13(14(6-10)19(20)21)17-11-7-16-18(8-11)9-12-2-1-5-22-12/h3-4,6-8,12,17H,1-2,5,9H2/t12-/m0/s1. The van der Waals surface area contributed by atoms with E-state index >= 15 is 0 Å². The van der Waals surface area contributed by atoms with Crippen molar-refractivity contribution in [3.63, 3.8) is 0 Å². The average Bonchev–Trinajstić information content (AvgIpc) is 3.13. The maximum Gasteiger partial charge on any atom is 0.294 e. The number of hydrogen-bond acceptors (Lipinski definition) is 5. The van der Waals surface area contributed by atoms with Gasteiger partial charge in [-0.25, -0.2) is 0 Å². The molecule has 0 amide bonds. The normalized spacial score (nSPS) is 17.6. The zero-order valence-corrected chi connectivity index (χ0v) is 12.5. The second-order valence-electron chi connectivity index (χ2n) is 5.13. The molecule has 116 valence electrons. The number of halogens is 1. The van der Waals surface area contributed by atoms with Gasteiger partial charge in [0.2, 0.25) is 0 Å². The summed E-state index contributed by atoms with van der Waals surface area (Å²) in [6.45, 7) is 1.48. The molecule has 0 bridgehead atoms. The quantitative estimate of drug-likeness (QED) is 0.674. The Morgan fingerprint density at radius 2 is 2.41 bits per heavy atom. The lowest BCUT2D eigenvalue weighted by molar-refractivity contribution is -0.383. The number of aromatic nitrogens is 2. The summed E-state index contributed by atoms with van der Waals surface area (Å²) in [4.78, 5) is 10.6. The predicted molar refractivity (Wildman–Crippen MR) is 82.6 cm³/mol. The summed E-state index contributed by atoms with van der Waals surface area (Å²) in [5.41, 5.74) is 0.994. The molecule has 3 rings (SSSR count). The molecule has 1 aliphatic heterocycles. The molecule has 1 aromatic carbocycles. The van der Waals surface area contributed by atoms with E-state index in [9.17, 15) is 10.1 Å². The first-order chi connectivity index (χ1) is 10.6. The first-order valence-electron chi connectivity index (χ1n) is 6.97. The van der Waals surface area contributed by atoms with Crippen LogP contribution in [0.25, 0.3) is 0 Å². The van der Waals surface area contributed by atoms with Gasteiger partial charge in [0.05, 0.1) is 29.5 Å². The summed E-state index contributed by atoms with van der Waals surface area (Å²) in [6.07, 6.45) is 5.74. The van der Waals surface area contributed by atoms with Gasteiger partial charge in [-0.05, 0) is 25.0 Å². The Hall–Kier alpha value is -2.12. The molecule has 0 spiro atoms. The minimum Gasteiger partial charge on any atom is -0.376 e. The number of nitrogens with zero attached hydrogens (tertiary/aromatic N) is 3. The van der Waals surface area contributed by atoms with Crippen LogP contribution < -0.4 is 5.32 Å². The maximum absolute atomic E-state index is 11.1. The van der Waals surface area contributed by atoms with Crippen LogP contribution in [0.15, 0.2) is 30.6 Å². The van der Waals surface area contributed by atoms with Gasteiger partial charge < -0.3 is 10.1 Å². The fourth-order valence-corrected chi connectivity index (χ4v) is 2.61. The van der Waals surface area contributed by atoms with Gasteiger partial charge in [-0.15, -0.1) is 0 Å². The molecular weight excluding hydrogens is 308 g/mol. The molecule has 7 nitrogen and oxygen atoms in total. The van der Waals surface area contributed by atoms with Crippen molar-refractivity contribution in [1.29, 1.82) is 0 Å². The van der Waals surface area contributed by atoms with Gasteiger partial charge in [-0.3, -0.25) is 14.8 Å². The van der Waals surface area contributed by atoms with Gasteiger partial charge in [0.25, 0.3) is 5.69 Å². The van der Waals surface area contributed by atoms with Crippen molar-refractivity contribution in [3.8, 4) is 0 Å². The monoisotopic (exact) mass is 322 g/mol. The van der Waals surface area contributed by atoms with Crippen LogP contribution in [0.2, 0.25) is 5.02 Å². The number of nitro groups is 1. The average molecular weight is 323 g/mol. The van der Waals surface area contributed by atoms with Crippen LogP contribution in [0.5, 0.6) is 0 Å². The lowest BCUT2D eigenvalue weighted by atomic mass is 10.2. The van der Waals surface area contributed by atoms with Gasteiger partial charge in [0, 0.05) is 23.9 Å². The molecule has 1 aliphatic rings. The number of ether oxygens (including phenoxy) is 1. The van der Waals surface area contributed by atoms with Crippen LogP contribution >= 0.6 is 11.6 Å². The van der Waals surface area contributed by atoms with Crippen LogP contribution in [0.3, 0.4) is 0 Å². The summed E-state index contributed by atoms with van der Waals surface area (Å²) >= 11 is 5.80. The highest BCUT2D eigenvalue weighted by atomic mass is 35.5. The van der Waals surface area contributed by atoms with Crippen molar-refractivity contribution < 1.29 is 9.66 Å². The largest absolute Gasteiger partial charge is 0.376 e. The van der Waals surface area contributed by atoms with E-state index in [2.05, 4.69) is 10.4 Å². The van der Waals surface area contributed by atoms with Crippen LogP contribution in [-0.4, -0.2) is 27.4 Å². The van der Waals surface area contributed by atoms with E-state index in [4.69, 9.17) is 16.3 Å². The molecule has 0 unspecified atom stereocenters. The van der Waals surface area contributed by atoms with E-state index in [1.807, 2.05) is 0 Å². The molecule has 1 saturated heterocycles. The van der Waals surface area contributed by atoms with Gasteiger partial charge in [-0.2, -0.15) is 5.10 Å². The third kappa shape index (κ3) is 3.37. The number of benzene rings is 1. The number of rotatable bonds is 5. The molecule has 22 heavy (non-hydrogen) atoms. The minimum atomic E-state index is -0.467. The molecule has 8 heteroatoms. The molecule has 1 fully saturated rings.